The molecule has 5 nitrogen and oxygen atoms in total. The van der Waals surface area contributed by atoms with E-state index in [1.54, 1.807) is 23.7 Å². The molecule has 116 valence electrons. The van der Waals surface area contributed by atoms with E-state index in [4.69, 9.17) is 4.74 Å². The predicted octanol–water partition coefficient (Wildman–Crippen LogP) is 2.58. The molecule has 0 aliphatic heterocycles. The van der Waals surface area contributed by atoms with Crippen LogP contribution >= 0.6 is 11.3 Å². The number of nitrogens with zero attached hydrogens (tertiary/aromatic N) is 1. The SMILES string of the molecule is Cc1c(C(=O)OC2CCCC(=O)C2)ccc2sc(=O)n(C)c12. The van der Waals surface area contributed by atoms with Crippen LogP contribution in [0.25, 0.3) is 10.2 Å². The van der Waals surface area contributed by atoms with Crippen molar-refractivity contribution < 1.29 is 14.3 Å². The maximum Gasteiger partial charge on any atom is 0.338 e. The van der Waals surface area contributed by atoms with E-state index in [1.807, 2.05) is 6.92 Å². The zero-order valence-corrected chi connectivity index (χ0v) is 13.4. The second-order valence-corrected chi connectivity index (χ2v) is 6.67. The van der Waals surface area contributed by atoms with Crippen LogP contribution in [0.2, 0.25) is 0 Å². The van der Waals surface area contributed by atoms with E-state index in [9.17, 15) is 14.4 Å². The average Bonchev–Trinajstić information content (AvgIpc) is 2.75. The van der Waals surface area contributed by atoms with Crippen molar-refractivity contribution in [2.45, 2.75) is 38.7 Å². The molecule has 3 rings (SSSR count). The third-order valence-corrected chi connectivity index (χ3v) is 5.13. The number of aromatic nitrogens is 1. The van der Waals surface area contributed by atoms with Crippen LogP contribution in [-0.4, -0.2) is 22.4 Å². The fraction of sp³-hybridized carbons (Fsp3) is 0.438. The van der Waals surface area contributed by atoms with Crippen LogP contribution in [0.1, 0.15) is 41.6 Å². The number of ether oxygens (including phenoxy) is 1. The molecule has 22 heavy (non-hydrogen) atoms. The van der Waals surface area contributed by atoms with Gasteiger partial charge in [-0.15, -0.1) is 0 Å². The molecule has 1 aromatic carbocycles. The van der Waals surface area contributed by atoms with Crippen LogP contribution in [0.3, 0.4) is 0 Å². The first kappa shape index (κ1) is 15.0. The molecular weight excluding hydrogens is 302 g/mol. The zero-order chi connectivity index (χ0) is 15.9. The summed E-state index contributed by atoms with van der Waals surface area (Å²) in [7, 11) is 1.70. The lowest BCUT2D eigenvalue weighted by molar-refractivity contribution is -0.123. The molecule has 0 saturated heterocycles. The zero-order valence-electron chi connectivity index (χ0n) is 12.5. The van der Waals surface area contributed by atoms with Gasteiger partial charge in [-0.2, -0.15) is 0 Å². The summed E-state index contributed by atoms with van der Waals surface area (Å²) in [5.74, 6) is -0.269. The van der Waals surface area contributed by atoms with Crippen molar-refractivity contribution in [3.63, 3.8) is 0 Å². The molecular formula is C16H17NO4S. The summed E-state index contributed by atoms with van der Waals surface area (Å²) in [6, 6.07) is 3.47. The van der Waals surface area contributed by atoms with Crippen LogP contribution in [0.4, 0.5) is 0 Å². The van der Waals surface area contributed by atoms with Gasteiger partial charge in [0.05, 0.1) is 15.8 Å². The topological polar surface area (TPSA) is 65.4 Å². The Kier molecular flexibility index (Phi) is 3.87. The van der Waals surface area contributed by atoms with Crippen molar-refractivity contribution in [2.75, 3.05) is 0 Å². The van der Waals surface area contributed by atoms with Crippen molar-refractivity contribution in [1.29, 1.82) is 0 Å². The highest BCUT2D eigenvalue weighted by Gasteiger charge is 2.24. The number of aryl methyl sites for hydroxylation is 2. The van der Waals surface area contributed by atoms with Crippen LogP contribution in [0, 0.1) is 6.92 Å². The van der Waals surface area contributed by atoms with E-state index in [1.165, 1.54) is 0 Å². The highest BCUT2D eigenvalue weighted by atomic mass is 32.1. The Morgan fingerprint density at radius 2 is 2.14 bits per heavy atom. The highest BCUT2D eigenvalue weighted by Crippen LogP contribution is 2.25. The molecule has 0 amide bonds. The Hall–Kier alpha value is -1.95. The van der Waals surface area contributed by atoms with Crippen molar-refractivity contribution in [2.24, 2.45) is 7.05 Å². The second-order valence-electron chi connectivity index (χ2n) is 5.67. The van der Waals surface area contributed by atoms with Gasteiger partial charge in [-0.1, -0.05) is 11.3 Å². The Morgan fingerprint density at radius 1 is 1.36 bits per heavy atom. The second kappa shape index (κ2) is 5.68. The number of ketones is 1. The summed E-state index contributed by atoms with van der Waals surface area (Å²) in [5.41, 5.74) is 1.97. The van der Waals surface area contributed by atoms with E-state index in [2.05, 4.69) is 0 Å². The molecule has 1 fully saturated rings. The molecule has 0 N–H and O–H groups in total. The summed E-state index contributed by atoms with van der Waals surface area (Å²) in [6.45, 7) is 1.82. The maximum absolute atomic E-state index is 12.4. The molecule has 1 unspecified atom stereocenters. The first-order valence-electron chi connectivity index (χ1n) is 7.29. The average molecular weight is 319 g/mol. The Bertz CT molecular complexity index is 817. The number of hydrogen-bond acceptors (Lipinski definition) is 5. The molecule has 0 radical (unpaired) electrons. The number of Topliss-reactive ketones (excluding diaryl/α,β-unsaturated/α-hetero) is 1. The van der Waals surface area contributed by atoms with Crippen molar-refractivity contribution >= 4 is 33.3 Å². The van der Waals surface area contributed by atoms with Gasteiger partial charge in [0.25, 0.3) is 0 Å². The molecule has 1 aliphatic carbocycles. The molecule has 1 aliphatic rings. The lowest BCUT2D eigenvalue weighted by Gasteiger charge is -2.21. The largest absolute Gasteiger partial charge is 0.458 e. The molecule has 2 aromatic rings. The number of fused-ring (bicyclic) bond motifs is 1. The van der Waals surface area contributed by atoms with Crippen LogP contribution < -0.4 is 4.87 Å². The Balaban J connectivity index is 1.91. The lowest BCUT2D eigenvalue weighted by Crippen LogP contribution is -2.26. The van der Waals surface area contributed by atoms with E-state index in [-0.39, 0.29) is 16.8 Å². The van der Waals surface area contributed by atoms with Gasteiger partial charge in [0.15, 0.2) is 0 Å². The number of esters is 1. The van der Waals surface area contributed by atoms with Gasteiger partial charge in [0.1, 0.15) is 11.9 Å². The molecule has 0 bridgehead atoms. The van der Waals surface area contributed by atoms with Crippen LogP contribution in [0.15, 0.2) is 16.9 Å². The van der Waals surface area contributed by atoms with Crippen molar-refractivity contribution in [3.05, 3.63) is 32.9 Å². The molecule has 1 aromatic heterocycles. The summed E-state index contributed by atoms with van der Waals surface area (Å²) >= 11 is 1.16. The standard InChI is InChI=1S/C16H17NO4S/c1-9-12(6-7-13-14(9)17(2)16(20)22-13)15(19)21-11-5-3-4-10(18)8-11/h6-7,11H,3-5,8H2,1-2H3. The number of carbonyl (C=O) groups excluding carboxylic acids is 2. The van der Waals surface area contributed by atoms with Crippen LogP contribution in [-0.2, 0) is 16.6 Å². The fourth-order valence-electron chi connectivity index (χ4n) is 2.95. The van der Waals surface area contributed by atoms with E-state index in [0.29, 0.717) is 18.4 Å². The third kappa shape index (κ3) is 2.59. The summed E-state index contributed by atoms with van der Waals surface area (Å²) in [6.07, 6.45) is 2.07. The summed E-state index contributed by atoms with van der Waals surface area (Å²) in [5, 5.41) is 0. The quantitative estimate of drug-likeness (QED) is 0.798. The third-order valence-electron chi connectivity index (χ3n) is 4.13. The van der Waals surface area contributed by atoms with Crippen LogP contribution in [0.5, 0.6) is 0 Å². The van der Waals surface area contributed by atoms with Gasteiger partial charge in [-0.05, 0) is 37.5 Å². The first-order chi connectivity index (χ1) is 10.5. The van der Waals surface area contributed by atoms with Gasteiger partial charge < -0.3 is 9.30 Å². The molecule has 6 heteroatoms. The summed E-state index contributed by atoms with van der Waals surface area (Å²) in [4.78, 5) is 35.5. The molecule has 0 spiro atoms. The minimum Gasteiger partial charge on any atom is -0.458 e. The number of carbonyl (C=O) groups is 2. The summed E-state index contributed by atoms with van der Waals surface area (Å²) < 4.78 is 7.89. The molecule has 1 saturated carbocycles. The number of hydrogen-bond donors (Lipinski definition) is 0. The smallest absolute Gasteiger partial charge is 0.338 e. The van der Waals surface area contributed by atoms with Crippen molar-refractivity contribution in [3.8, 4) is 0 Å². The van der Waals surface area contributed by atoms with Gasteiger partial charge >= 0.3 is 10.8 Å². The Morgan fingerprint density at radius 3 is 2.86 bits per heavy atom. The first-order valence-corrected chi connectivity index (χ1v) is 8.11. The lowest BCUT2D eigenvalue weighted by atomic mass is 9.96. The fourth-order valence-corrected chi connectivity index (χ4v) is 3.89. The minimum absolute atomic E-state index is 0.0542. The van der Waals surface area contributed by atoms with E-state index >= 15 is 0 Å². The number of benzene rings is 1. The van der Waals surface area contributed by atoms with E-state index in [0.717, 1.165) is 40.0 Å². The van der Waals surface area contributed by atoms with Gasteiger partial charge in [0, 0.05) is 19.9 Å². The maximum atomic E-state index is 12.4. The molecule has 1 atom stereocenters. The van der Waals surface area contributed by atoms with Gasteiger partial charge in [-0.3, -0.25) is 9.59 Å². The molecule has 1 heterocycles. The highest BCUT2D eigenvalue weighted by molar-refractivity contribution is 7.16. The number of rotatable bonds is 2. The minimum atomic E-state index is -0.419. The normalized spacial score (nSPS) is 18.6. The predicted molar refractivity (Wildman–Crippen MR) is 84.5 cm³/mol. The van der Waals surface area contributed by atoms with Gasteiger partial charge in [0.2, 0.25) is 0 Å². The number of thiazole rings is 1. The Labute approximate surface area is 131 Å². The van der Waals surface area contributed by atoms with Gasteiger partial charge in [-0.25, -0.2) is 4.79 Å². The monoisotopic (exact) mass is 319 g/mol. The van der Waals surface area contributed by atoms with Crippen molar-refractivity contribution in [1.82, 2.24) is 4.57 Å². The van der Waals surface area contributed by atoms with E-state index < -0.39 is 5.97 Å².